The minimum atomic E-state index is -0.165. The Kier molecular flexibility index (Phi) is 3.92. The third kappa shape index (κ3) is 2.99. The van der Waals surface area contributed by atoms with Gasteiger partial charge in [0.25, 0.3) is 0 Å². The van der Waals surface area contributed by atoms with Crippen molar-refractivity contribution in [3.8, 4) is 11.3 Å². The highest BCUT2D eigenvalue weighted by Crippen LogP contribution is 2.32. The molecule has 0 saturated carbocycles. The van der Waals surface area contributed by atoms with Crippen LogP contribution in [0.5, 0.6) is 0 Å². The SMILES string of the molecule is Cc1cc(-c2cc(C(C)(C)C)c(C)cc2C)[n+](C)cc1F. The van der Waals surface area contributed by atoms with Crippen LogP contribution in [0.3, 0.4) is 0 Å². The summed E-state index contributed by atoms with van der Waals surface area (Å²) in [6.07, 6.45) is 1.56. The lowest BCUT2D eigenvalue weighted by atomic mass is 9.81. The molecule has 0 saturated heterocycles. The average Bonchev–Trinajstić information content (AvgIpc) is 2.33. The third-order valence-corrected chi connectivity index (χ3v) is 4.07. The molecule has 2 aromatic rings. The van der Waals surface area contributed by atoms with Crippen LogP contribution in [-0.2, 0) is 12.5 Å². The van der Waals surface area contributed by atoms with Crippen molar-refractivity contribution in [3.05, 3.63) is 52.5 Å². The quantitative estimate of drug-likeness (QED) is 0.678. The number of rotatable bonds is 1. The van der Waals surface area contributed by atoms with Gasteiger partial charge in [-0.1, -0.05) is 26.8 Å². The van der Waals surface area contributed by atoms with Crippen molar-refractivity contribution in [2.24, 2.45) is 7.05 Å². The van der Waals surface area contributed by atoms with Gasteiger partial charge >= 0.3 is 0 Å². The normalized spacial score (nSPS) is 11.8. The molecule has 0 spiro atoms. The van der Waals surface area contributed by atoms with E-state index in [0.717, 1.165) is 5.69 Å². The molecule has 0 N–H and O–H groups in total. The first-order valence-electron chi connectivity index (χ1n) is 7.39. The number of halogens is 1. The van der Waals surface area contributed by atoms with Crippen LogP contribution in [0.2, 0.25) is 0 Å². The Hall–Kier alpha value is -1.70. The van der Waals surface area contributed by atoms with E-state index in [2.05, 4.69) is 46.8 Å². The lowest BCUT2D eigenvalue weighted by Crippen LogP contribution is -2.32. The van der Waals surface area contributed by atoms with Crippen LogP contribution < -0.4 is 4.57 Å². The van der Waals surface area contributed by atoms with Gasteiger partial charge < -0.3 is 0 Å². The lowest BCUT2D eigenvalue weighted by Gasteiger charge is -2.23. The Morgan fingerprint density at radius 2 is 1.52 bits per heavy atom. The molecule has 0 radical (unpaired) electrons. The van der Waals surface area contributed by atoms with E-state index >= 15 is 0 Å². The first-order chi connectivity index (χ1) is 9.61. The summed E-state index contributed by atoms with van der Waals surface area (Å²) in [6, 6.07) is 6.42. The molecule has 0 aliphatic heterocycles. The molecular formula is C19H25FN+. The van der Waals surface area contributed by atoms with Crippen LogP contribution in [0.15, 0.2) is 24.4 Å². The molecule has 0 aliphatic rings. The summed E-state index contributed by atoms with van der Waals surface area (Å²) < 4.78 is 15.6. The predicted molar refractivity (Wildman–Crippen MR) is 85.9 cm³/mol. The first-order valence-corrected chi connectivity index (χ1v) is 7.39. The molecule has 1 aromatic carbocycles. The van der Waals surface area contributed by atoms with Crippen molar-refractivity contribution >= 4 is 0 Å². The van der Waals surface area contributed by atoms with Gasteiger partial charge in [-0.25, -0.2) is 4.39 Å². The van der Waals surface area contributed by atoms with Crippen LogP contribution in [-0.4, -0.2) is 0 Å². The molecule has 0 aliphatic carbocycles. The zero-order chi connectivity index (χ0) is 15.9. The fourth-order valence-electron chi connectivity index (χ4n) is 2.92. The molecule has 1 aromatic heterocycles. The fourth-order valence-corrected chi connectivity index (χ4v) is 2.92. The molecule has 0 amide bonds. The maximum atomic E-state index is 13.7. The summed E-state index contributed by atoms with van der Waals surface area (Å²) in [7, 11) is 1.90. The second-order valence-corrected chi connectivity index (χ2v) is 7.03. The molecular weight excluding hydrogens is 261 g/mol. The number of hydrogen-bond donors (Lipinski definition) is 0. The second-order valence-electron chi connectivity index (χ2n) is 7.03. The minimum Gasteiger partial charge on any atom is -0.200 e. The molecule has 112 valence electrons. The van der Waals surface area contributed by atoms with Crippen LogP contribution >= 0.6 is 0 Å². The highest BCUT2D eigenvalue weighted by Gasteiger charge is 2.22. The number of aryl methyl sites for hydroxylation is 4. The summed E-state index contributed by atoms with van der Waals surface area (Å²) in [5.41, 5.74) is 6.88. The Balaban J connectivity index is 2.73. The van der Waals surface area contributed by atoms with E-state index in [1.165, 1.54) is 22.3 Å². The van der Waals surface area contributed by atoms with E-state index in [-0.39, 0.29) is 11.2 Å². The van der Waals surface area contributed by atoms with Crippen molar-refractivity contribution in [1.29, 1.82) is 0 Å². The summed E-state index contributed by atoms with van der Waals surface area (Å²) in [5, 5.41) is 0. The summed E-state index contributed by atoms with van der Waals surface area (Å²) in [5.74, 6) is -0.165. The average molecular weight is 286 g/mol. The molecule has 0 fully saturated rings. The molecule has 1 heterocycles. The van der Waals surface area contributed by atoms with E-state index in [0.29, 0.717) is 5.56 Å². The maximum absolute atomic E-state index is 13.7. The predicted octanol–water partition coefficient (Wildman–Crippen LogP) is 4.54. The lowest BCUT2D eigenvalue weighted by molar-refractivity contribution is -0.662. The van der Waals surface area contributed by atoms with Gasteiger partial charge in [0, 0.05) is 11.6 Å². The second kappa shape index (κ2) is 5.25. The van der Waals surface area contributed by atoms with Crippen molar-refractivity contribution in [2.45, 2.75) is 47.0 Å². The van der Waals surface area contributed by atoms with Crippen LogP contribution in [0.25, 0.3) is 11.3 Å². The van der Waals surface area contributed by atoms with Gasteiger partial charge in [-0.15, -0.1) is 0 Å². The molecule has 2 heteroatoms. The maximum Gasteiger partial charge on any atom is 0.212 e. The van der Waals surface area contributed by atoms with E-state index in [1.807, 2.05) is 24.6 Å². The van der Waals surface area contributed by atoms with E-state index in [4.69, 9.17) is 0 Å². The largest absolute Gasteiger partial charge is 0.212 e. The van der Waals surface area contributed by atoms with Crippen molar-refractivity contribution < 1.29 is 8.96 Å². The number of pyridine rings is 1. The zero-order valence-electron chi connectivity index (χ0n) is 14.1. The monoisotopic (exact) mass is 286 g/mol. The smallest absolute Gasteiger partial charge is 0.200 e. The van der Waals surface area contributed by atoms with Crippen LogP contribution in [0.1, 0.15) is 43.0 Å². The molecule has 0 bridgehead atoms. The molecule has 2 rings (SSSR count). The Bertz CT molecular complexity index is 694. The summed E-state index contributed by atoms with van der Waals surface area (Å²) in [6.45, 7) is 12.8. The zero-order valence-corrected chi connectivity index (χ0v) is 14.1. The van der Waals surface area contributed by atoms with Gasteiger partial charge in [-0.05, 0) is 54.5 Å². The van der Waals surface area contributed by atoms with E-state index in [1.54, 1.807) is 6.20 Å². The van der Waals surface area contributed by atoms with Crippen LogP contribution in [0.4, 0.5) is 4.39 Å². The fraction of sp³-hybridized carbons (Fsp3) is 0.421. The molecule has 0 atom stereocenters. The van der Waals surface area contributed by atoms with E-state index < -0.39 is 0 Å². The first kappa shape index (κ1) is 15.7. The Morgan fingerprint density at radius 1 is 0.905 bits per heavy atom. The molecule has 1 nitrogen and oxygen atoms in total. The number of nitrogens with zero attached hydrogens (tertiary/aromatic N) is 1. The van der Waals surface area contributed by atoms with Crippen molar-refractivity contribution in [2.75, 3.05) is 0 Å². The standard InChI is InChI=1S/C19H25FN/c1-12-8-13(2)16(19(4,5)6)10-15(12)18-9-14(3)17(20)11-21(18)7/h8-11H,1-7H3/q+1. The Morgan fingerprint density at radius 3 is 2.10 bits per heavy atom. The number of aromatic nitrogens is 1. The Labute approximate surface area is 127 Å². The highest BCUT2D eigenvalue weighted by atomic mass is 19.1. The van der Waals surface area contributed by atoms with Gasteiger partial charge in [0.1, 0.15) is 7.05 Å². The minimum absolute atomic E-state index is 0.0974. The van der Waals surface area contributed by atoms with Gasteiger partial charge in [0.05, 0.1) is 0 Å². The summed E-state index contributed by atoms with van der Waals surface area (Å²) in [4.78, 5) is 0. The summed E-state index contributed by atoms with van der Waals surface area (Å²) >= 11 is 0. The van der Waals surface area contributed by atoms with Gasteiger partial charge in [0.15, 0.2) is 5.82 Å². The third-order valence-electron chi connectivity index (χ3n) is 4.07. The van der Waals surface area contributed by atoms with Gasteiger partial charge in [0.2, 0.25) is 11.9 Å². The molecule has 0 unspecified atom stereocenters. The van der Waals surface area contributed by atoms with E-state index in [9.17, 15) is 4.39 Å². The number of benzene rings is 1. The van der Waals surface area contributed by atoms with Crippen molar-refractivity contribution in [1.82, 2.24) is 0 Å². The topological polar surface area (TPSA) is 3.88 Å². The van der Waals surface area contributed by atoms with Gasteiger partial charge in [-0.3, -0.25) is 0 Å². The van der Waals surface area contributed by atoms with Crippen molar-refractivity contribution in [3.63, 3.8) is 0 Å². The highest BCUT2D eigenvalue weighted by molar-refractivity contribution is 5.64. The van der Waals surface area contributed by atoms with Crippen LogP contribution in [0, 0.1) is 26.6 Å². The number of hydrogen-bond acceptors (Lipinski definition) is 0. The molecule has 21 heavy (non-hydrogen) atoms. The van der Waals surface area contributed by atoms with Gasteiger partial charge in [-0.2, -0.15) is 4.57 Å².